The SMILES string of the molecule is CC(c1ccccn1)N1CC(CCl)CC1=O. The molecule has 2 heterocycles. The first kappa shape index (κ1) is 11.4. The van der Waals surface area contributed by atoms with Crippen molar-refractivity contribution in [2.24, 2.45) is 5.92 Å². The summed E-state index contributed by atoms with van der Waals surface area (Å²) in [6, 6.07) is 5.82. The predicted molar refractivity (Wildman–Crippen MR) is 63.2 cm³/mol. The van der Waals surface area contributed by atoms with Crippen LogP contribution >= 0.6 is 11.6 Å². The molecule has 0 N–H and O–H groups in total. The Hall–Kier alpha value is -1.09. The maximum absolute atomic E-state index is 11.8. The zero-order valence-corrected chi connectivity index (χ0v) is 10.0. The zero-order valence-electron chi connectivity index (χ0n) is 9.27. The Bertz CT molecular complexity index is 369. The maximum atomic E-state index is 11.8. The highest BCUT2D eigenvalue weighted by atomic mass is 35.5. The predicted octanol–water partition coefficient (Wildman–Crippen LogP) is 2.23. The number of hydrogen-bond donors (Lipinski definition) is 0. The molecule has 1 saturated heterocycles. The van der Waals surface area contributed by atoms with E-state index in [1.807, 2.05) is 30.0 Å². The van der Waals surface area contributed by atoms with Crippen LogP contribution in [0.2, 0.25) is 0 Å². The number of carbonyl (C=O) groups excluding carboxylic acids is 1. The van der Waals surface area contributed by atoms with Crippen molar-refractivity contribution in [3.63, 3.8) is 0 Å². The fourth-order valence-corrected chi connectivity index (χ4v) is 2.28. The highest BCUT2D eigenvalue weighted by Gasteiger charge is 2.32. The number of carbonyl (C=O) groups is 1. The normalized spacial score (nSPS) is 22.5. The summed E-state index contributed by atoms with van der Waals surface area (Å²) >= 11 is 5.79. The summed E-state index contributed by atoms with van der Waals surface area (Å²) in [5.41, 5.74) is 0.936. The summed E-state index contributed by atoms with van der Waals surface area (Å²) in [6.07, 6.45) is 2.33. The van der Waals surface area contributed by atoms with E-state index in [0.29, 0.717) is 18.2 Å². The van der Waals surface area contributed by atoms with Gasteiger partial charge < -0.3 is 4.90 Å². The molecule has 3 nitrogen and oxygen atoms in total. The van der Waals surface area contributed by atoms with Crippen LogP contribution in [0.25, 0.3) is 0 Å². The maximum Gasteiger partial charge on any atom is 0.223 e. The molecule has 2 rings (SSSR count). The van der Waals surface area contributed by atoms with Crippen LogP contribution in [0.4, 0.5) is 0 Å². The number of hydrogen-bond acceptors (Lipinski definition) is 2. The Kier molecular flexibility index (Phi) is 3.44. The lowest BCUT2D eigenvalue weighted by Crippen LogP contribution is -2.29. The van der Waals surface area contributed by atoms with Gasteiger partial charge in [-0.25, -0.2) is 0 Å². The second kappa shape index (κ2) is 4.83. The van der Waals surface area contributed by atoms with Crippen molar-refractivity contribution in [3.8, 4) is 0 Å². The molecule has 1 aliphatic rings. The molecule has 86 valence electrons. The van der Waals surface area contributed by atoms with Gasteiger partial charge in [-0.1, -0.05) is 6.07 Å². The third kappa shape index (κ3) is 2.19. The number of alkyl halides is 1. The Morgan fingerprint density at radius 3 is 3.00 bits per heavy atom. The Labute approximate surface area is 100 Å². The van der Waals surface area contributed by atoms with Gasteiger partial charge in [0.2, 0.25) is 5.91 Å². The minimum atomic E-state index is 0.0434. The molecular formula is C12H15ClN2O. The lowest BCUT2D eigenvalue weighted by Gasteiger charge is -2.24. The van der Waals surface area contributed by atoms with E-state index in [1.165, 1.54) is 0 Å². The van der Waals surface area contributed by atoms with E-state index in [0.717, 1.165) is 12.2 Å². The summed E-state index contributed by atoms with van der Waals surface area (Å²) in [5.74, 6) is 1.03. The number of amides is 1. The lowest BCUT2D eigenvalue weighted by molar-refractivity contribution is -0.129. The summed E-state index contributed by atoms with van der Waals surface area (Å²) < 4.78 is 0. The molecule has 1 aromatic rings. The topological polar surface area (TPSA) is 33.2 Å². The second-order valence-corrected chi connectivity index (χ2v) is 4.51. The van der Waals surface area contributed by atoms with Gasteiger partial charge in [0, 0.05) is 25.0 Å². The monoisotopic (exact) mass is 238 g/mol. The van der Waals surface area contributed by atoms with E-state index in [2.05, 4.69) is 4.98 Å². The molecule has 0 bridgehead atoms. The lowest BCUT2D eigenvalue weighted by atomic mass is 10.1. The first-order valence-electron chi connectivity index (χ1n) is 5.48. The molecule has 0 spiro atoms. The molecule has 0 aliphatic carbocycles. The van der Waals surface area contributed by atoms with Gasteiger partial charge in [0.25, 0.3) is 0 Å². The Morgan fingerprint density at radius 2 is 2.44 bits per heavy atom. The summed E-state index contributed by atoms with van der Waals surface area (Å²) in [7, 11) is 0. The number of nitrogens with zero attached hydrogens (tertiary/aromatic N) is 2. The second-order valence-electron chi connectivity index (χ2n) is 4.20. The van der Waals surface area contributed by atoms with Crippen molar-refractivity contribution in [3.05, 3.63) is 30.1 Å². The van der Waals surface area contributed by atoms with E-state index in [9.17, 15) is 4.79 Å². The summed E-state index contributed by atoms with van der Waals surface area (Å²) in [4.78, 5) is 17.9. The molecule has 0 aromatic carbocycles. The van der Waals surface area contributed by atoms with Crippen molar-refractivity contribution < 1.29 is 4.79 Å². The van der Waals surface area contributed by atoms with Gasteiger partial charge in [-0.05, 0) is 25.0 Å². The summed E-state index contributed by atoms with van der Waals surface area (Å²) in [6.45, 7) is 2.76. The molecule has 1 aromatic heterocycles. The third-order valence-electron chi connectivity index (χ3n) is 3.04. The molecular weight excluding hydrogens is 224 g/mol. The van der Waals surface area contributed by atoms with Crippen LogP contribution in [-0.4, -0.2) is 28.2 Å². The average molecular weight is 239 g/mol. The van der Waals surface area contributed by atoms with Crippen LogP contribution in [0.15, 0.2) is 24.4 Å². The highest BCUT2D eigenvalue weighted by molar-refractivity contribution is 6.18. The number of aromatic nitrogens is 1. The molecule has 4 heteroatoms. The van der Waals surface area contributed by atoms with Gasteiger partial charge in [-0.15, -0.1) is 11.6 Å². The molecule has 2 unspecified atom stereocenters. The standard InChI is InChI=1S/C12H15ClN2O/c1-9(11-4-2-3-5-14-11)15-8-10(7-13)6-12(15)16/h2-5,9-10H,6-8H2,1H3. The van der Waals surface area contributed by atoms with Gasteiger partial charge in [-0.2, -0.15) is 0 Å². The smallest absolute Gasteiger partial charge is 0.223 e. The minimum absolute atomic E-state index is 0.0434. The summed E-state index contributed by atoms with van der Waals surface area (Å²) in [5, 5.41) is 0. The van der Waals surface area contributed by atoms with Crippen LogP contribution in [0.1, 0.15) is 25.1 Å². The van der Waals surface area contributed by atoms with Crippen molar-refractivity contribution >= 4 is 17.5 Å². The van der Waals surface area contributed by atoms with Gasteiger partial charge in [-0.3, -0.25) is 9.78 Å². The van der Waals surface area contributed by atoms with E-state index >= 15 is 0 Å². The van der Waals surface area contributed by atoms with E-state index in [-0.39, 0.29) is 11.9 Å². The first-order chi connectivity index (χ1) is 7.72. The fourth-order valence-electron chi connectivity index (χ4n) is 2.07. The Morgan fingerprint density at radius 1 is 1.62 bits per heavy atom. The number of pyridine rings is 1. The van der Waals surface area contributed by atoms with E-state index in [1.54, 1.807) is 6.20 Å². The van der Waals surface area contributed by atoms with Gasteiger partial charge in [0.05, 0.1) is 11.7 Å². The quantitative estimate of drug-likeness (QED) is 0.757. The molecule has 2 atom stereocenters. The van der Waals surface area contributed by atoms with Gasteiger partial charge >= 0.3 is 0 Å². The van der Waals surface area contributed by atoms with Gasteiger partial charge in [0.1, 0.15) is 0 Å². The number of rotatable bonds is 3. The van der Waals surface area contributed by atoms with Crippen LogP contribution < -0.4 is 0 Å². The first-order valence-corrected chi connectivity index (χ1v) is 6.02. The van der Waals surface area contributed by atoms with Crippen molar-refractivity contribution in [1.29, 1.82) is 0 Å². The fraction of sp³-hybridized carbons (Fsp3) is 0.500. The van der Waals surface area contributed by atoms with Crippen molar-refractivity contribution in [1.82, 2.24) is 9.88 Å². The average Bonchev–Trinajstić information content (AvgIpc) is 2.71. The minimum Gasteiger partial charge on any atom is -0.334 e. The zero-order chi connectivity index (χ0) is 11.5. The molecule has 1 fully saturated rings. The van der Waals surface area contributed by atoms with Crippen LogP contribution in [0.3, 0.4) is 0 Å². The molecule has 16 heavy (non-hydrogen) atoms. The number of halogens is 1. The molecule has 1 amide bonds. The van der Waals surface area contributed by atoms with E-state index in [4.69, 9.17) is 11.6 Å². The molecule has 1 aliphatic heterocycles. The van der Waals surface area contributed by atoms with E-state index < -0.39 is 0 Å². The molecule has 0 radical (unpaired) electrons. The van der Waals surface area contributed by atoms with Crippen LogP contribution in [-0.2, 0) is 4.79 Å². The van der Waals surface area contributed by atoms with Crippen LogP contribution in [0.5, 0.6) is 0 Å². The van der Waals surface area contributed by atoms with Gasteiger partial charge in [0.15, 0.2) is 0 Å². The third-order valence-corrected chi connectivity index (χ3v) is 3.48. The van der Waals surface area contributed by atoms with Crippen molar-refractivity contribution in [2.75, 3.05) is 12.4 Å². The Balaban J connectivity index is 2.11. The van der Waals surface area contributed by atoms with Crippen molar-refractivity contribution in [2.45, 2.75) is 19.4 Å². The largest absolute Gasteiger partial charge is 0.334 e. The molecule has 0 saturated carbocycles. The number of likely N-dealkylation sites (tertiary alicyclic amines) is 1. The highest BCUT2D eigenvalue weighted by Crippen LogP contribution is 2.27. The van der Waals surface area contributed by atoms with Crippen LogP contribution in [0, 0.1) is 5.92 Å².